The van der Waals surface area contributed by atoms with Crippen LogP contribution >= 0.6 is 12.4 Å². The maximum Gasteiger partial charge on any atom is 0.127 e. The predicted octanol–water partition coefficient (Wildman–Crippen LogP) is 1.53. The summed E-state index contributed by atoms with van der Waals surface area (Å²) < 4.78 is 5.22. The Balaban J connectivity index is 0.00000144. The van der Waals surface area contributed by atoms with E-state index in [0.29, 0.717) is 6.04 Å². The summed E-state index contributed by atoms with van der Waals surface area (Å²) in [5.41, 5.74) is 1.19. The smallest absolute Gasteiger partial charge is 0.127 e. The lowest BCUT2D eigenvalue weighted by molar-refractivity contribution is -0.637. The van der Waals surface area contributed by atoms with E-state index in [-0.39, 0.29) is 12.4 Å². The normalized spacial score (nSPS) is 11.6. The van der Waals surface area contributed by atoms with Crippen LogP contribution in [0.3, 0.4) is 0 Å². The lowest BCUT2D eigenvalue weighted by atomic mass is 10.1. The molecular weight excluding hydrogens is 186 g/mol. The third-order valence-corrected chi connectivity index (χ3v) is 1.98. The fraction of sp³-hybridized carbons (Fsp3) is 0.300. The first kappa shape index (κ1) is 12.3. The quantitative estimate of drug-likeness (QED) is 0.738. The Labute approximate surface area is 85.7 Å². The topological polar surface area (TPSA) is 25.8 Å². The Hall–Kier alpha value is -0.730. The highest BCUT2D eigenvalue weighted by molar-refractivity contribution is 5.85. The zero-order chi connectivity index (χ0) is 8.97. The maximum atomic E-state index is 5.22. The van der Waals surface area contributed by atoms with E-state index in [1.54, 1.807) is 7.11 Å². The molecule has 0 aliphatic heterocycles. The summed E-state index contributed by atoms with van der Waals surface area (Å²) in [5, 5.41) is 1.91. The van der Waals surface area contributed by atoms with Crippen molar-refractivity contribution in [1.82, 2.24) is 0 Å². The van der Waals surface area contributed by atoms with Gasteiger partial charge in [0, 0.05) is 5.56 Å². The number of methoxy groups -OCH3 is 1. The molecule has 1 unspecified atom stereocenters. The summed E-state index contributed by atoms with van der Waals surface area (Å²) in [6.07, 6.45) is 0. The second-order valence-electron chi connectivity index (χ2n) is 2.77. The van der Waals surface area contributed by atoms with Crippen LogP contribution in [0.5, 0.6) is 5.75 Å². The van der Waals surface area contributed by atoms with Gasteiger partial charge < -0.3 is 10.1 Å². The molecule has 13 heavy (non-hydrogen) atoms. The summed E-state index contributed by atoms with van der Waals surface area (Å²) in [6, 6.07) is 8.36. The first-order valence-electron chi connectivity index (χ1n) is 4.05. The first-order valence-corrected chi connectivity index (χ1v) is 4.05. The average Bonchev–Trinajstić information content (AvgIpc) is 2.16. The minimum absolute atomic E-state index is 0. The maximum absolute atomic E-state index is 5.22. The number of halogens is 1. The van der Waals surface area contributed by atoms with Crippen LogP contribution in [-0.2, 0) is 0 Å². The molecule has 3 heteroatoms. The molecule has 0 radical (unpaired) electrons. The summed E-state index contributed by atoms with van der Waals surface area (Å²) in [7, 11) is 5.45. The van der Waals surface area contributed by atoms with Crippen molar-refractivity contribution in [3.05, 3.63) is 36.9 Å². The van der Waals surface area contributed by atoms with Crippen LogP contribution < -0.4 is 10.1 Å². The Bertz CT molecular complexity index is 252. The molecule has 0 fully saturated rings. The van der Waals surface area contributed by atoms with Gasteiger partial charge in [0.15, 0.2) is 0 Å². The molecule has 74 valence electrons. The van der Waals surface area contributed by atoms with E-state index in [9.17, 15) is 0 Å². The van der Waals surface area contributed by atoms with Gasteiger partial charge in [-0.3, -0.25) is 0 Å². The SMILES string of the molecule is Cl.[CH2-][NH2+]C(C)c1ccccc1OC. The minimum Gasteiger partial charge on any atom is -0.496 e. The van der Waals surface area contributed by atoms with E-state index in [4.69, 9.17) is 4.74 Å². The van der Waals surface area contributed by atoms with Crippen molar-refractivity contribution >= 4 is 12.4 Å². The summed E-state index contributed by atoms with van der Waals surface area (Å²) in [5.74, 6) is 0.935. The van der Waals surface area contributed by atoms with Crippen LogP contribution in [0.1, 0.15) is 18.5 Å². The van der Waals surface area contributed by atoms with E-state index in [1.807, 2.05) is 23.5 Å². The minimum atomic E-state index is 0. The zero-order valence-corrected chi connectivity index (χ0v) is 8.80. The van der Waals surface area contributed by atoms with Crippen molar-refractivity contribution in [2.45, 2.75) is 13.0 Å². The third-order valence-electron chi connectivity index (χ3n) is 1.98. The van der Waals surface area contributed by atoms with Gasteiger partial charge in [-0.1, -0.05) is 12.1 Å². The number of rotatable bonds is 3. The Kier molecular flexibility index (Phi) is 5.51. The summed E-state index contributed by atoms with van der Waals surface area (Å²) in [6.45, 7) is 2.10. The van der Waals surface area contributed by atoms with Crippen molar-refractivity contribution < 1.29 is 10.1 Å². The number of hydrogen-bond donors (Lipinski definition) is 1. The lowest BCUT2D eigenvalue weighted by Gasteiger charge is -2.14. The molecule has 0 heterocycles. The van der Waals surface area contributed by atoms with Crippen molar-refractivity contribution in [2.75, 3.05) is 7.11 Å². The van der Waals surface area contributed by atoms with E-state index >= 15 is 0 Å². The Morgan fingerprint density at radius 2 is 2.00 bits per heavy atom. The highest BCUT2D eigenvalue weighted by Gasteiger charge is 2.08. The van der Waals surface area contributed by atoms with E-state index in [0.717, 1.165) is 5.75 Å². The molecule has 0 bridgehead atoms. The van der Waals surface area contributed by atoms with Crippen LogP contribution in [0.15, 0.2) is 24.3 Å². The number of nitrogens with two attached hydrogens (primary N) is 1. The van der Waals surface area contributed by atoms with Crippen LogP contribution in [0, 0.1) is 7.05 Å². The third kappa shape index (κ3) is 2.90. The van der Waals surface area contributed by atoms with Gasteiger partial charge in [0.2, 0.25) is 0 Å². The average molecular weight is 202 g/mol. The zero-order valence-electron chi connectivity index (χ0n) is 7.99. The molecule has 1 atom stereocenters. The van der Waals surface area contributed by atoms with Gasteiger partial charge >= 0.3 is 0 Å². The predicted molar refractivity (Wildman–Crippen MR) is 55.9 cm³/mol. The molecule has 2 nitrogen and oxygen atoms in total. The molecule has 1 rings (SSSR count). The lowest BCUT2D eigenvalue weighted by Crippen LogP contribution is -2.77. The summed E-state index contributed by atoms with van der Waals surface area (Å²) >= 11 is 0. The van der Waals surface area contributed by atoms with Gasteiger partial charge in [-0.25, -0.2) is 0 Å². The van der Waals surface area contributed by atoms with Crippen molar-refractivity contribution in [2.24, 2.45) is 0 Å². The van der Waals surface area contributed by atoms with Gasteiger partial charge in [-0.15, -0.1) is 12.4 Å². The molecule has 0 saturated carbocycles. The Morgan fingerprint density at radius 1 is 1.38 bits per heavy atom. The second-order valence-corrected chi connectivity index (χ2v) is 2.77. The van der Waals surface area contributed by atoms with E-state index in [2.05, 4.69) is 20.0 Å². The van der Waals surface area contributed by atoms with Crippen LogP contribution in [0.2, 0.25) is 0 Å². The fourth-order valence-electron chi connectivity index (χ4n) is 1.17. The number of benzene rings is 1. The highest BCUT2D eigenvalue weighted by Crippen LogP contribution is 2.21. The van der Waals surface area contributed by atoms with Crippen LogP contribution in [0.25, 0.3) is 0 Å². The van der Waals surface area contributed by atoms with Gasteiger partial charge in [0.1, 0.15) is 5.75 Å². The van der Waals surface area contributed by atoms with Crippen molar-refractivity contribution in [3.8, 4) is 5.75 Å². The molecular formula is C10H16ClNO. The largest absolute Gasteiger partial charge is 0.496 e. The molecule has 0 aliphatic carbocycles. The molecule has 2 N–H and O–H groups in total. The molecule has 0 saturated heterocycles. The van der Waals surface area contributed by atoms with E-state index in [1.165, 1.54) is 5.56 Å². The number of hydrogen-bond acceptors (Lipinski definition) is 1. The number of para-hydroxylation sites is 1. The molecule has 1 aromatic rings. The Morgan fingerprint density at radius 3 is 2.54 bits per heavy atom. The van der Waals surface area contributed by atoms with Gasteiger partial charge in [0.25, 0.3) is 0 Å². The molecule has 1 aromatic carbocycles. The standard InChI is InChI=1S/C10H15NO.ClH/c1-8(11-2)9-6-4-5-7-10(9)12-3;/h4-8H,2,11H2,1,3H3;1H. The number of quaternary nitrogens is 1. The molecule has 0 amide bonds. The summed E-state index contributed by atoms with van der Waals surface area (Å²) in [4.78, 5) is 0. The van der Waals surface area contributed by atoms with Crippen molar-refractivity contribution in [1.29, 1.82) is 0 Å². The van der Waals surface area contributed by atoms with E-state index < -0.39 is 0 Å². The number of ether oxygens (including phenoxy) is 1. The van der Waals surface area contributed by atoms with Gasteiger partial charge in [-0.05, 0) is 19.1 Å². The van der Waals surface area contributed by atoms with Crippen molar-refractivity contribution in [3.63, 3.8) is 0 Å². The molecule has 0 spiro atoms. The highest BCUT2D eigenvalue weighted by atomic mass is 35.5. The molecule has 0 aliphatic rings. The van der Waals surface area contributed by atoms with Gasteiger partial charge in [0.05, 0.1) is 13.2 Å². The van der Waals surface area contributed by atoms with Gasteiger partial charge in [-0.2, -0.15) is 7.05 Å². The monoisotopic (exact) mass is 201 g/mol. The first-order chi connectivity index (χ1) is 5.79. The fourth-order valence-corrected chi connectivity index (χ4v) is 1.17. The van der Waals surface area contributed by atoms with Crippen LogP contribution in [-0.4, -0.2) is 7.11 Å². The second kappa shape index (κ2) is 5.84. The molecule has 0 aromatic heterocycles. The van der Waals surface area contributed by atoms with Crippen LogP contribution in [0.4, 0.5) is 0 Å².